The molecule has 1 aliphatic heterocycles. The monoisotopic (exact) mass is 383 g/mol. The van der Waals surface area contributed by atoms with Gasteiger partial charge in [-0.3, -0.25) is 9.59 Å². The van der Waals surface area contributed by atoms with Gasteiger partial charge in [0.1, 0.15) is 19.6 Å². The van der Waals surface area contributed by atoms with E-state index in [2.05, 4.69) is 17.2 Å². The highest BCUT2D eigenvalue weighted by Gasteiger charge is 2.21. The van der Waals surface area contributed by atoms with E-state index in [9.17, 15) is 9.59 Å². The van der Waals surface area contributed by atoms with Crippen LogP contribution >= 0.6 is 11.3 Å². The quantitative estimate of drug-likeness (QED) is 0.554. The van der Waals surface area contributed by atoms with Crippen LogP contribution in [0.15, 0.2) is 11.6 Å². The third kappa shape index (κ3) is 7.80. The maximum Gasteiger partial charge on any atom is 0.245 e. The fourth-order valence-corrected chi connectivity index (χ4v) is 3.52. The molecule has 2 amide bonds. The first-order valence-electron chi connectivity index (χ1n) is 9.57. The van der Waals surface area contributed by atoms with E-state index >= 15 is 0 Å². The Bertz CT molecular complexity index is 533. The molecule has 2 heterocycles. The Morgan fingerprint density at radius 3 is 2.81 bits per heavy atom. The summed E-state index contributed by atoms with van der Waals surface area (Å²) in [5.41, 5.74) is 0. The number of aromatic nitrogens is 1. The van der Waals surface area contributed by atoms with Gasteiger partial charge in [0.05, 0.1) is 26.3 Å². The summed E-state index contributed by atoms with van der Waals surface area (Å²) < 4.78 is 5.38. The molecule has 0 radical (unpaired) electrons. The number of hydrogen-bond acceptors (Lipinski definition) is 5. The molecule has 1 saturated heterocycles. The lowest BCUT2D eigenvalue weighted by Crippen LogP contribution is -3.14. The Kier molecular flexibility index (Phi) is 9.58. The molecule has 7 nitrogen and oxygen atoms in total. The summed E-state index contributed by atoms with van der Waals surface area (Å²) in [6.45, 7) is 7.17. The fraction of sp³-hybridized carbons (Fsp3) is 0.722. The van der Waals surface area contributed by atoms with Crippen LogP contribution in [0.25, 0.3) is 0 Å². The lowest BCUT2D eigenvalue weighted by atomic mass is 10.1. The van der Waals surface area contributed by atoms with E-state index in [-0.39, 0.29) is 18.4 Å². The first kappa shape index (κ1) is 20.8. The molecule has 0 saturated carbocycles. The molecule has 0 atom stereocenters. The highest BCUT2D eigenvalue weighted by atomic mass is 32.1. The minimum atomic E-state index is -0.182. The number of ether oxygens (including phenoxy) is 1. The van der Waals surface area contributed by atoms with Crippen LogP contribution in [0, 0.1) is 0 Å². The lowest BCUT2D eigenvalue weighted by molar-refractivity contribution is -0.907. The lowest BCUT2D eigenvalue weighted by Gasteiger charge is -2.27. The third-order valence-electron chi connectivity index (χ3n) is 4.55. The van der Waals surface area contributed by atoms with Gasteiger partial charge in [-0.2, -0.15) is 0 Å². The number of hydrogen-bond donors (Lipinski definition) is 2. The maximum atomic E-state index is 12.6. The zero-order valence-corrected chi connectivity index (χ0v) is 16.5. The van der Waals surface area contributed by atoms with E-state index in [0.717, 1.165) is 58.5 Å². The van der Waals surface area contributed by atoms with Gasteiger partial charge in [0.2, 0.25) is 11.8 Å². The number of quaternary nitrogens is 1. The molecule has 1 fully saturated rings. The maximum absolute atomic E-state index is 12.6. The number of carbonyl (C=O) groups is 2. The number of nitrogens with zero attached hydrogens (tertiary/aromatic N) is 2. The largest absolute Gasteiger partial charge is 0.370 e. The number of nitrogens with one attached hydrogen (secondary N) is 2. The highest BCUT2D eigenvalue weighted by Crippen LogP contribution is 2.10. The summed E-state index contributed by atoms with van der Waals surface area (Å²) in [7, 11) is 0. The van der Waals surface area contributed by atoms with E-state index in [0.29, 0.717) is 18.1 Å². The molecule has 2 N–H and O–H groups in total. The molecule has 0 unspecified atom stereocenters. The second kappa shape index (κ2) is 12.0. The van der Waals surface area contributed by atoms with E-state index in [1.165, 1.54) is 16.2 Å². The van der Waals surface area contributed by atoms with Crippen LogP contribution in [0.2, 0.25) is 0 Å². The van der Waals surface area contributed by atoms with Crippen molar-refractivity contribution in [2.45, 2.75) is 39.0 Å². The van der Waals surface area contributed by atoms with Gasteiger partial charge in [-0.1, -0.05) is 26.2 Å². The normalized spacial score (nSPS) is 15.0. The Morgan fingerprint density at radius 2 is 2.12 bits per heavy atom. The predicted molar refractivity (Wildman–Crippen MR) is 102 cm³/mol. The number of rotatable bonds is 11. The summed E-state index contributed by atoms with van der Waals surface area (Å²) >= 11 is 1.38. The van der Waals surface area contributed by atoms with Crippen LogP contribution in [0.4, 0.5) is 5.13 Å². The van der Waals surface area contributed by atoms with Crippen molar-refractivity contribution < 1.29 is 19.2 Å². The smallest absolute Gasteiger partial charge is 0.245 e. The molecule has 0 spiro atoms. The first-order chi connectivity index (χ1) is 12.7. The van der Waals surface area contributed by atoms with Crippen LogP contribution < -0.4 is 10.2 Å². The van der Waals surface area contributed by atoms with Crippen molar-refractivity contribution in [1.29, 1.82) is 0 Å². The molecule has 1 aromatic rings. The SMILES string of the molecule is CCCCCCC(=O)N(CC[NH+]1CCOCC1)CC(=O)Nc1nccs1. The van der Waals surface area contributed by atoms with Crippen molar-refractivity contribution in [1.82, 2.24) is 9.88 Å². The number of anilines is 1. The van der Waals surface area contributed by atoms with Crippen LogP contribution in [0.5, 0.6) is 0 Å². The zero-order valence-electron chi connectivity index (χ0n) is 15.7. The zero-order chi connectivity index (χ0) is 18.6. The minimum absolute atomic E-state index is 0.0723. The van der Waals surface area contributed by atoms with Crippen molar-refractivity contribution in [2.24, 2.45) is 0 Å². The van der Waals surface area contributed by atoms with Crippen molar-refractivity contribution >= 4 is 28.3 Å². The van der Waals surface area contributed by atoms with Gasteiger partial charge in [0, 0.05) is 18.0 Å². The Hall–Kier alpha value is -1.51. The third-order valence-corrected chi connectivity index (χ3v) is 5.23. The first-order valence-corrected chi connectivity index (χ1v) is 10.5. The average Bonchev–Trinajstić information content (AvgIpc) is 3.15. The highest BCUT2D eigenvalue weighted by molar-refractivity contribution is 7.13. The molecule has 8 heteroatoms. The van der Waals surface area contributed by atoms with E-state index in [4.69, 9.17) is 4.74 Å². The average molecular weight is 384 g/mol. The van der Waals surface area contributed by atoms with Gasteiger partial charge < -0.3 is 19.9 Å². The van der Waals surface area contributed by atoms with Gasteiger partial charge in [-0.15, -0.1) is 11.3 Å². The molecule has 146 valence electrons. The fourth-order valence-electron chi connectivity index (χ4n) is 2.97. The summed E-state index contributed by atoms with van der Waals surface area (Å²) in [4.78, 5) is 32.1. The molecule has 1 aliphatic rings. The molecular formula is C18H31N4O3S+. The number of amides is 2. The van der Waals surface area contributed by atoms with Crippen molar-refractivity contribution in [3.8, 4) is 0 Å². The number of morpholine rings is 1. The van der Waals surface area contributed by atoms with E-state index < -0.39 is 0 Å². The van der Waals surface area contributed by atoms with Crippen molar-refractivity contribution in [2.75, 3.05) is 51.3 Å². The summed E-state index contributed by atoms with van der Waals surface area (Å²) in [5.74, 6) is -0.109. The van der Waals surface area contributed by atoms with Gasteiger partial charge >= 0.3 is 0 Å². The van der Waals surface area contributed by atoms with Gasteiger partial charge in [-0.25, -0.2) is 4.98 Å². The number of thiazole rings is 1. The molecule has 0 aromatic carbocycles. The molecule has 26 heavy (non-hydrogen) atoms. The summed E-state index contributed by atoms with van der Waals surface area (Å²) in [6.07, 6.45) is 6.42. The molecule has 1 aromatic heterocycles. The van der Waals surface area contributed by atoms with Crippen LogP contribution in [0.3, 0.4) is 0 Å². The standard InChI is InChI=1S/C18H30N4O3S/c1-2-3-4-5-6-17(24)22(9-8-21-10-12-25-13-11-21)15-16(23)20-18-19-7-14-26-18/h7,14H,2-6,8-13,15H2,1H3,(H,19,20,23)/p+1. The molecule has 2 rings (SSSR count). The number of unbranched alkanes of at least 4 members (excludes halogenated alkanes) is 3. The van der Waals surface area contributed by atoms with Gasteiger partial charge in [-0.05, 0) is 6.42 Å². The second-order valence-electron chi connectivity index (χ2n) is 6.62. The van der Waals surface area contributed by atoms with Crippen molar-refractivity contribution in [3.63, 3.8) is 0 Å². The predicted octanol–water partition coefficient (Wildman–Crippen LogP) is 0.796. The Balaban J connectivity index is 1.83. The minimum Gasteiger partial charge on any atom is -0.370 e. The molecule has 0 bridgehead atoms. The summed E-state index contributed by atoms with van der Waals surface area (Å²) in [5, 5.41) is 5.16. The number of carbonyl (C=O) groups excluding carboxylic acids is 2. The van der Waals surface area contributed by atoms with Crippen LogP contribution in [-0.4, -0.2) is 67.6 Å². The topological polar surface area (TPSA) is 76.0 Å². The van der Waals surface area contributed by atoms with Crippen LogP contribution in [-0.2, 0) is 14.3 Å². The van der Waals surface area contributed by atoms with E-state index in [1.54, 1.807) is 11.1 Å². The second-order valence-corrected chi connectivity index (χ2v) is 7.52. The van der Waals surface area contributed by atoms with Crippen molar-refractivity contribution in [3.05, 3.63) is 11.6 Å². The van der Waals surface area contributed by atoms with Gasteiger partial charge in [0.15, 0.2) is 5.13 Å². The van der Waals surface area contributed by atoms with Crippen LogP contribution in [0.1, 0.15) is 39.0 Å². The molecular weight excluding hydrogens is 352 g/mol. The summed E-state index contributed by atoms with van der Waals surface area (Å²) in [6, 6.07) is 0. The Morgan fingerprint density at radius 1 is 1.31 bits per heavy atom. The van der Waals surface area contributed by atoms with Gasteiger partial charge in [0.25, 0.3) is 0 Å². The Labute approximate surface area is 159 Å². The van der Waals surface area contributed by atoms with E-state index in [1.807, 2.05) is 5.38 Å². The molecule has 0 aliphatic carbocycles.